The van der Waals surface area contributed by atoms with Gasteiger partial charge in [0.25, 0.3) is 0 Å². The second-order valence-corrected chi connectivity index (χ2v) is 9.64. The zero-order valence-electron chi connectivity index (χ0n) is 17.9. The number of aromatic nitrogens is 1. The fourth-order valence-corrected chi connectivity index (χ4v) is 6.26. The SMILES string of the molecule is O[C@@H]1CCC(NCC[C@@]2(c3ccccn3)CCOC3(CCCC3)C2)c2ccccc21. The van der Waals surface area contributed by atoms with Crippen molar-refractivity contribution in [3.8, 4) is 0 Å². The highest BCUT2D eigenvalue weighted by Crippen LogP contribution is 2.49. The molecule has 3 atom stereocenters. The number of hydrogen-bond acceptors (Lipinski definition) is 4. The number of benzene rings is 1. The summed E-state index contributed by atoms with van der Waals surface area (Å²) in [5.74, 6) is 0. The van der Waals surface area contributed by atoms with Gasteiger partial charge in [0, 0.05) is 30.0 Å². The van der Waals surface area contributed by atoms with E-state index in [-0.39, 0.29) is 17.1 Å². The van der Waals surface area contributed by atoms with E-state index in [1.54, 1.807) is 0 Å². The van der Waals surface area contributed by atoms with Crippen LogP contribution in [0.25, 0.3) is 0 Å². The molecule has 2 aromatic rings. The second-order valence-electron chi connectivity index (χ2n) is 9.64. The van der Waals surface area contributed by atoms with E-state index in [1.807, 2.05) is 18.3 Å². The molecule has 2 N–H and O–H groups in total. The van der Waals surface area contributed by atoms with Crippen molar-refractivity contribution in [1.29, 1.82) is 0 Å². The first-order valence-corrected chi connectivity index (χ1v) is 11.8. The van der Waals surface area contributed by atoms with Gasteiger partial charge in [0.05, 0.1) is 11.7 Å². The summed E-state index contributed by atoms with van der Waals surface area (Å²) in [4.78, 5) is 4.82. The zero-order valence-corrected chi connectivity index (χ0v) is 17.9. The third kappa shape index (κ3) is 3.81. The fourth-order valence-electron chi connectivity index (χ4n) is 6.26. The topological polar surface area (TPSA) is 54.4 Å². The minimum atomic E-state index is -0.322. The number of aliphatic hydroxyl groups excluding tert-OH is 1. The number of rotatable bonds is 5. The maximum Gasteiger partial charge on any atom is 0.0794 e. The monoisotopic (exact) mass is 406 g/mol. The molecule has 1 aliphatic heterocycles. The van der Waals surface area contributed by atoms with Crippen LogP contribution in [0.1, 0.15) is 86.8 Å². The molecule has 4 nitrogen and oxygen atoms in total. The van der Waals surface area contributed by atoms with Crippen molar-refractivity contribution in [2.24, 2.45) is 0 Å². The van der Waals surface area contributed by atoms with Crippen LogP contribution in [0.5, 0.6) is 0 Å². The van der Waals surface area contributed by atoms with Crippen LogP contribution in [-0.4, -0.2) is 28.8 Å². The Morgan fingerprint density at radius 2 is 1.80 bits per heavy atom. The average molecular weight is 407 g/mol. The maximum absolute atomic E-state index is 10.4. The van der Waals surface area contributed by atoms with Gasteiger partial charge in [-0.2, -0.15) is 0 Å². The summed E-state index contributed by atoms with van der Waals surface area (Å²) in [6, 6.07) is 15.1. The zero-order chi connectivity index (χ0) is 20.4. The van der Waals surface area contributed by atoms with Crippen molar-refractivity contribution in [2.75, 3.05) is 13.2 Å². The van der Waals surface area contributed by atoms with E-state index >= 15 is 0 Å². The lowest BCUT2D eigenvalue weighted by Gasteiger charge is -2.46. The van der Waals surface area contributed by atoms with Crippen LogP contribution >= 0.6 is 0 Å². The maximum atomic E-state index is 10.4. The molecule has 30 heavy (non-hydrogen) atoms. The molecular weight excluding hydrogens is 372 g/mol. The van der Waals surface area contributed by atoms with E-state index in [9.17, 15) is 5.11 Å². The van der Waals surface area contributed by atoms with Gasteiger partial charge in [0.15, 0.2) is 0 Å². The molecule has 1 aromatic heterocycles. The molecule has 0 radical (unpaired) electrons. The van der Waals surface area contributed by atoms with Gasteiger partial charge < -0.3 is 15.2 Å². The first-order chi connectivity index (χ1) is 14.7. The number of fused-ring (bicyclic) bond motifs is 1. The third-order valence-electron chi connectivity index (χ3n) is 7.83. The largest absolute Gasteiger partial charge is 0.388 e. The van der Waals surface area contributed by atoms with E-state index in [0.29, 0.717) is 6.04 Å². The quantitative estimate of drug-likeness (QED) is 0.734. The molecule has 5 rings (SSSR count). The van der Waals surface area contributed by atoms with E-state index < -0.39 is 0 Å². The summed E-state index contributed by atoms with van der Waals surface area (Å²) in [5.41, 5.74) is 3.75. The van der Waals surface area contributed by atoms with Gasteiger partial charge in [-0.15, -0.1) is 0 Å². The minimum absolute atomic E-state index is 0.0668. The number of aliphatic hydroxyl groups is 1. The molecule has 0 amide bonds. The number of ether oxygens (including phenoxy) is 1. The highest BCUT2D eigenvalue weighted by atomic mass is 16.5. The molecule has 1 spiro atoms. The highest BCUT2D eigenvalue weighted by Gasteiger charge is 2.48. The van der Waals surface area contributed by atoms with Gasteiger partial charge in [-0.25, -0.2) is 0 Å². The Balaban J connectivity index is 1.34. The predicted octanol–water partition coefficient (Wildman–Crippen LogP) is 4.99. The Labute approximate surface area is 180 Å². The van der Waals surface area contributed by atoms with Gasteiger partial charge in [0.2, 0.25) is 0 Å². The van der Waals surface area contributed by atoms with Crippen LogP contribution in [0.2, 0.25) is 0 Å². The highest BCUT2D eigenvalue weighted by molar-refractivity contribution is 5.34. The van der Waals surface area contributed by atoms with E-state index in [0.717, 1.165) is 50.8 Å². The summed E-state index contributed by atoms with van der Waals surface area (Å²) < 4.78 is 6.38. The summed E-state index contributed by atoms with van der Waals surface area (Å²) >= 11 is 0. The molecule has 1 saturated carbocycles. The van der Waals surface area contributed by atoms with Crippen LogP contribution in [-0.2, 0) is 10.2 Å². The van der Waals surface area contributed by atoms with Gasteiger partial charge in [-0.05, 0) is 74.8 Å². The third-order valence-corrected chi connectivity index (χ3v) is 7.83. The molecule has 1 aromatic carbocycles. The van der Waals surface area contributed by atoms with Gasteiger partial charge >= 0.3 is 0 Å². The van der Waals surface area contributed by atoms with Crippen LogP contribution in [0.4, 0.5) is 0 Å². The van der Waals surface area contributed by atoms with Crippen molar-refractivity contribution >= 4 is 0 Å². The molecule has 4 heteroatoms. The Morgan fingerprint density at radius 3 is 2.60 bits per heavy atom. The standard InChI is InChI=1S/C26H34N2O2/c29-23-11-10-22(20-7-1-2-8-21(20)23)27-17-14-25(24-9-3-6-16-28-24)15-18-30-26(19-25)12-4-5-13-26/h1-3,6-9,16,22-23,27,29H,4-5,10-15,17-19H2/t22?,23-,25-/m1/s1. The number of pyridine rings is 1. The molecule has 3 aliphatic rings. The van der Waals surface area contributed by atoms with Crippen molar-refractivity contribution < 1.29 is 9.84 Å². The molecule has 1 unspecified atom stereocenters. The summed E-state index contributed by atoms with van der Waals surface area (Å²) in [7, 11) is 0. The Kier molecular flexibility index (Phi) is 5.65. The Bertz CT molecular complexity index is 849. The number of nitrogens with zero attached hydrogens (tertiary/aromatic N) is 1. The molecule has 0 bridgehead atoms. The van der Waals surface area contributed by atoms with Crippen molar-refractivity contribution in [3.05, 3.63) is 65.5 Å². The van der Waals surface area contributed by atoms with Crippen LogP contribution < -0.4 is 5.32 Å². The molecule has 160 valence electrons. The van der Waals surface area contributed by atoms with Gasteiger partial charge in [-0.1, -0.05) is 43.2 Å². The van der Waals surface area contributed by atoms with Crippen molar-refractivity contribution in [3.63, 3.8) is 0 Å². The first-order valence-electron chi connectivity index (χ1n) is 11.8. The number of hydrogen-bond donors (Lipinski definition) is 2. The van der Waals surface area contributed by atoms with Crippen LogP contribution in [0, 0.1) is 0 Å². The number of nitrogens with one attached hydrogen (secondary N) is 1. The smallest absolute Gasteiger partial charge is 0.0794 e. The lowest BCUT2D eigenvalue weighted by Crippen LogP contribution is -2.47. The predicted molar refractivity (Wildman–Crippen MR) is 118 cm³/mol. The Morgan fingerprint density at radius 1 is 1.00 bits per heavy atom. The minimum Gasteiger partial charge on any atom is -0.388 e. The first kappa shape index (κ1) is 20.2. The molecular formula is C26H34N2O2. The molecule has 1 saturated heterocycles. The summed E-state index contributed by atoms with van der Waals surface area (Å²) in [5, 5.41) is 14.2. The molecule has 2 heterocycles. The molecule has 2 fully saturated rings. The van der Waals surface area contributed by atoms with Crippen molar-refractivity contribution in [2.45, 2.75) is 80.9 Å². The fraction of sp³-hybridized carbons (Fsp3) is 0.577. The normalized spacial score (nSPS) is 30.3. The van der Waals surface area contributed by atoms with Gasteiger partial charge in [0.1, 0.15) is 0 Å². The lowest BCUT2D eigenvalue weighted by molar-refractivity contribution is -0.104. The van der Waals surface area contributed by atoms with E-state index in [4.69, 9.17) is 9.72 Å². The summed E-state index contributed by atoms with van der Waals surface area (Å²) in [6.45, 7) is 1.80. The van der Waals surface area contributed by atoms with E-state index in [2.05, 4.69) is 35.6 Å². The van der Waals surface area contributed by atoms with Crippen LogP contribution in [0.15, 0.2) is 48.7 Å². The summed E-state index contributed by atoms with van der Waals surface area (Å²) in [6.07, 6.45) is 11.6. The Hall–Kier alpha value is -1.75. The lowest BCUT2D eigenvalue weighted by atomic mass is 9.68. The van der Waals surface area contributed by atoms with E-state index in [1.165, 1.54) is 36.9 Å². The van der Waals surface area contributed by atoms with Crippen LogP contribution in [0.3, 0.4) is 0 Å². The van der Waals surface area contributed by atoms with Gasteiger partial charge in [-0.3, -0.25) is 4.98 Å². The van der Waals surface area contributed by atoms with Crippen molar-refractivity contribution in [1.82, 2.24) is 10.3 Å². The molecule has 2 aliphatic carbocycles. The average Bonchev–Trinajstić information content (AvgIpc) is 3.23. The second kappa shape index (κ2) is 8.41.